The molecule has 0 amide bonds. The van der Waals surface area contributed by atoms with Crippen LogP contribution in [0.2, 0.25) is 0 Å². The second kappa shape index (κ2) is 5.79. The average Bonchev–Trinajstić information content (AvgIpc) is 2.41. The van der Waals surface area contributed by atoms with E-state index in [9.17, 15) is 15.2 Å². The van der Waals surface area contributed by atoms with Crippen LogP contribution in [0.25, 0.3) is 0 Å². The fourth-order valence-corrected chi connectivity index (χ4v) is 2.93. The Balaban J connectivity index is 2.28. The van der Waals surface area contributed by atoms with Crippen molar-refractivity contribution in [1.82, 2.24) is 0 Å². The first-order chi connectivity index (χ1) is 9.47. The Morgan fingerprint density at radius 3 is 2.65 bits per heavy atom. The number of rotatable bonds is 4. The number of aliphatic hydroxyl groups is 1. The van der Waals surface area contributed by atoms with E-state index in [4.69, 9.17) is 0 Å². The molecule has 0 saturated heterocycles. The highest BCUT2D eigenvalue weighted by Crippen LogP contribution is 2.37. The number of nitro benzene ring substituents is 1. The minimum atomic E-state index is -0.426. The molecule has 2 N–H and O–H groups in total. The normalized spacial score (nSPS) is 26.2. The van der Waals surface area contributed by atoms with E-state index in [1.54, 1.807) is 25.1 Å². The first kappa shape index (κ1) is 14.8. The molecule has 0 atom stereocenters. The van der Waals surface area contributed by atoms with E-state index in [2.05, 4.69) is 12.2 Å². The van der Waals surface area contributed by atoms with Crippen molar-refractivity contribution in [3.05, 3.63) is 33.9 Å². The number of aryl methyl sites for hydroxylation is 1. The van der Waals surface area contributed by atoms with E-state index in [0.717, 1.165) is 25.7 Å². The number of benzene rings is 1. The van der Waals surface area contributed by atoms with Gasteiger partial charge in [-0.05, 0) is 44.6 Å². The lowest BCUT2D eigenvalue weighted by atomic mass is 9.77. The van der Waals surface area contributed by atoms with Crippen molar-refractivity contribution in [3.63, 3.8) is 0 Å². The van der Waals surface area contributed by atoms with Gasteiger partial charge in [0.15, 0.2) is 0 Å². The molecule has 5 nitrogen and oxygen atoms in total. The minimum absolute atomic E-state index is 0.00478. The number of nitro groups is 1. The van der Waals surface area contributed by atoms with Crippen molar-refractivity contribution in [2.24, 2.45) is 5.92 Å². The largest absolute Gasteiger partial charge is 0.394 e. The van der Waals surface area contributed by atoms with E-state index < -0.39 is 5.54 Å². The van der Waals surface area contributed by atoms with Crippen LogP contribution < -0.4 is 5.32 Å². The number of anilines is 1. The lowest BCUT2D eigenvalue weighted by molar-refractivity contribution is -0.384. The van der Waals surface area contributed by atoms with Crippen LogP contribution in [0.4, 0.5) is 11.4 Å². The monoisotopic (exact) mass is 278 g/mol. The molecular weight excluding hydrogens is 256 g/mol. The van der Waals surface area contributed by atoms with Crippen LogP contribution in [0.15, 0.2) is 18.2 Å². The van der Waals surface area contributed by atoms with Crippen LogP contribution >= 0.6 is 0 Å². The molecule has 1 saturated carbocycles. The Kier molecular flexibility index (Phi) is 4.28. The third-order valence-corrected chi connectivity index (χ3v) is 4.35. The predicted octanol–water partition coefficient (Wildman–Crippen LogP) is 3.26. The maximum atomic E-state index is 11.2. The summed E-state index contributed by atoms with van der Waals surface area (Å²) in [6.07, 6.45) is 3.76. The Morgan fingerprint density at radius 1 is 1.45 bits per heavy atom. The van der Waals surface area contributed by atoms with E-state index >= 15 is 0 Å². The third-order valence-electron chi connectivity index (χ3n) is 4.35. The molecule has 1 aromatic carbocycles. The number of nitrogens with one attached hydrogen (secondary N) is 1. The molecule has 0 aromatic heterocycles. The molecule has 2 rings (SSSR count). The Hall–Kier alpha value is -1.62. The SMILES string of the molecule is Cc1cccc(NC2(CO)CCC(C)CC2)c1[N+](=O)[O-]. The summed E-state index contributed by atoms with van der Waals surface area (Å²) in [6, 6.07) is 5.26. The van der Waals surface area contributed by atoms with E-state index in [0.29, 0.717) is 17.2 Å². The quantitative estimate of drug-likeness (QED) is 0.654. The van der Waals surface area contributed by atoms with Crippen LogP contribution in [0.1, 0.15) is 38.2 Å². The van der Waals surface area contributed by atoms with E-state index in [1.165, 1.54) is 0 Å². The topological polar surface area (TPSA) is 75.4 Å². The van der Waals surface area contributed by atoms with Gasteiger partial charge in [-0.15, -0.1) is 0 Å². The van der Waals surface area contributed by atoms with Gasteiger partial charge in [-0.1, -0.05) is 19.1 Å². The zero-order valence-electron chi connectivity index (χ0n) is 12.1. The highest BCUT2D eigenvalue weighted by Gasteiger charge is 2.35. The second-order valence-corrected chi connectivity index (χ2v) is 5.97. The smallest absolute Gasteiger partial charge is 0.295 e. The van der Waals surface area contributed by atoms with Gasteiger partial charge in [0.2, 0.25) is 0 Å². The Bertz CT molecular complexity index is 494. The van der Waals surface area contributed by atoms with Gasteiger partial charge < -0.3 is 10.4 Å². The van der Waals surface area contributed by atoms with Crippen LogP contribution in [0.5, 0.6) is 0 Å². The summed E-state index contributed by atoms with van der Waals surface area (Å²) in [7, 11) is 0. The highest BCUT2D eigenvalue weighted by molar-refractivity contribution is 5.66. The number of hydrogen-bond acceptors (Lipinski definition) is 4. The number of nitrogens with zero attached hydrogens (tertiary/aromatic N) is 1. The molecule has 1 aliphatic carbocycles. The molecule has 5 heteroatoms. The van der Waals surface area contributed by atoms with Crippen molar-refractivity contribution in [3.8, 4) is 0 Å². The van der Waals surface area contributed by atoms with Gasteiger partial charge in [0.05, 0.1) is 17.1 Å². The van der Waals surface area contributed by atoms with Gasteiger partial charge in [-0.2, -0.15) is 0 Å². The lowest BCUT2D eigenvalue weighted by Crippen LogP contribution is -2.45. The van der Waals surface area contributed by atoms with Crippen LogP contribution in [-0.2, 0) is 0 Å². The first-order valence-corrected chi connectivity index (χ1v) is 7.10. The minimum Gasteiger partial charge on any atom is -0.394 e. The van der Waals surface area contributed by atoms with E-state index in [-0.39, 0.29) is 17.2 Å². The molecule has 0 spiro atoms. The fraction of sp³-hybridized carbons (Fsp3) is 0.600. The zero-order chi connectivity index (χ0) is 14.8. The molecule has 110 valence electrons. The Labute approximate surface area is 119 Å². The highest BCUT2D eigenvalue weighted by atomic mass is 16.6. The van der Waals surface area contributed by atoms with E-state index in [1.807, 2.05) is 0 Å². The maximum absolute atomic E-state index is 11.2. The van der Waals surface area contributed by atoms with Crippen molar-refractivity contribution in [2.45, 2.75) is 45.1 Å². The second-order valence-electron chi connectivity index (χ2n) is 5.97. The predicted molar refractivity (Wildman–Crippen MR) is 78.9 cm³/mol. The molecule has 1 aromatic rings. The molecule has 1 fully saturated rings. The number of aliphatic hydroxyl groups excluding tert-OH is 1. The first-order valence-electron chi connectivity index (χ1n) is 7.10. The van der Waals surface area contributed by atoms with Crippen molar-refractivity contribution in [2.75, 3.05) is 11.9 Å². The van der Waals surface area contributed by atoms with Crippen molar-refractivity contribution >= 4 is 11.4 Å². The Morgan fingerprint density at radius 2 is 2.10 bits per heavy atom. The van der Waals surface area contributed by atoms with Gasteiger partial charge in [0, 0.05) is 5.56 Å². The van der Waals surface area contributed by atoms with Gasteiger partial charge in [0.1, 0.15) is 5.69 Å². The number of para-hydroxylation sites is 1. The summed E-state index contributed by atoms with van der Waals surface area (Å²) in [6.45, 7) is 3.94. The summed E-state index contributed by atoms with van der Waals surface area (Å²) >= 11 is 0. The molecule has 0 unspecified atom stereocenters. The third kappa shape index (κ3) is 2.93. The molecule has 0 aliphatic heterocycles. The van der Waals surface area contributed by atoms with Crippen molar-refractivity contribution < 1.29 is 10.0 Å². The summed E-state index contributed by atoms with van der Waals surface area (Å²) in [5, 5.41) is 24.3. The molecule has 0 bridgehead atoms. The van der Waals surface area contributed by atoms with Gasteiger partial charge in [-0.25, -0.2) is 0 Å². The molecular formula is C15H22N2O3. The maximum Gasteiger partial charge on any atom is 0.295 e. The zero-order valence-corrected chi connectivity index (χ0v) is 12.1. The fourth-order valence-electron chi connectivity index (χ4n) is 2.93. The summed E-state index contributed by atoms with van der Waals surface area (Å²) in [5.41, 5.74) is 0.834. The summed E-state index contributed by atoms with van der Waals surface area (Å²) in [5.74, 6) is 0.656. The van der Waals surface area contributed by atoms with Gasteiger partial charge in [-0.3, -0.25) is 10.1 Å². The molecule has 0 heterocycles. The summed E-state index contributed by atoms with van der Waals surface area (Å²) in [4.78, 5) is 10.9. The van der Waals surface area contributed by atoms with Crippen LogP contribution in [-0.4, -0.2) is 22.2 Å². The number of hydrogen-bond donors (Lipinski definition) is 2. The standard InChI is InChI=1S/C15H22N2O3/c1-11-6-8-15(10-18,9-7-11)16-13-5-3-4-12(2)14(13)17(19)20/h3-5,11,16,18H,6-10H2,1-2H3. The van der Waals surface area contributed by atoms with Gasteiger partial charge >= 0.3 is 0 Å². The van der Waals surface area contributed by atoms with Gasteiger partial charge in [0.25, 0.3) is 5.69 Å². The lowest BCUT2D eigenvalue weighted by Gasteiger charge is -2.39. The molecule has 1 aliphatic rings. The average molecular weight is 278 g/mol. The van der Waals surface area contributed by atoms with Crippen LogP contribution in [0, 0.1) is 23.0 Å². The molecule has 0 radical (unpaired) electrons. The summed E-state index contributed by atoms with van der Waals surface area (Å²) < 4.78 is 0. The van der Waals surface area contributed by atoms with Crippen LogP contribution in [0.3, 0.4) is 0 Å². The molecule has 20 heavy (non-hydrogen) atoms. The van der Waals surface area contributed by atoms with Crippen molar-refractivity contribution in [1.29, 1.82) is 0 Å².